The Labute approximate surface area is 190 Å². The van der Waals surface area contributed by atoms with E-state index in [0.717, 1.165) is 15.4 Å². The highest BCUT2D eigenvalue weighted by Crippen LogP contribution is 2.63. The van der Waals surface area contributed by atoms with Crippen LogP contribution in [0.3, 0.4) is 0 Å². The summed E-state index contributed by atoms with van der Waals surface area (Å²) in [5.41, 5.74) is 4.74. The molecule has 3 aromatic carbocycles. The SMILES string of the molecule is CCN1C(=O)C(=C2SC(c3ccccc3)(c3ccccc3)c3ccccc32)SC1=S. The number of carbonyl (C=O) groups excluding carboxylic acids is 1. The molecule has 0 spiro atoms. The molecule has 0 atom stereocenters. The van der Waals surface area contributed by atoms with Crippen LogP contribution in [-0.4, -0.2) is 21.7 Å². The van der Waals surface area contributed by atoms with E-state index in [1.54, 1.807) is 16.7 Å². The first-order chi connectivity index (χ1) is 14.7. The van der Waals surface area contributed by atoms with Crippen molar-refractivity contribution in [3.8, 4) is 0 Å². The predicted octanol–water partition coefficient (Wildman–Crippen LogP) is 6.27. The monoisotopic (exact) mass is 445 g/mol. The summed E-state index contributed by atoms with van der Waals surface area (Å²) >= 11 is 8.68. The number of fused-ring (bicyclic) bond motifs is 1. The van der Waals surface area contributed by atoms with Gasteiger partial charge >= 0.3 is 0 Å². The van der Waals surface area contributed by atoms with Crippen molar-refractivity contribution in [2.45, 2.75) is 11.7 Å². The second kappa shape index (κ2) is 7.73. The smallest absolute Gasteiger partial charge is 0.267 e. The van der Waals surface area contributed by atoms with Crippen molar-refractivity contribution < 1.29 is 4.79 Å². The third-order valence-corrected chi connectivity index (χ3v) is 8.74. The maximum Gasteiger partial charge on any atom is 0.267 e. The Morgan fingerprint density at radius 3 is 1.97 bits per heavy atom. The molecule has 2 aliphatic rings. The summed E-state index contributed by atoms with van der Waals surface area (Å²) in [6.07, 6.45) is 0. The van der Waals surface area contributed by atoms with Crippen molar-refractivity contribution in [1.82, 2.24) is 4.90 Å². The van der Waals surface area contributed by atoms with E-state index < -0.39 is 4.75 Å². The van der Waals surface area contributed by atoms with Crippen LogP contribution in [0.15, 0.2) is 89.8 Å². The number of hydrogen-bond donors (Lipinski definition) is 0. The molecule has 0 bridgehead atoms. The lowest BCUT2D eigenvalue weighted by Gasteiger charge is -2.31. The zero-order valence-corrected chi connectivity index (χ0v) is 18.8. The second-order valence-electron chi connectivity index (χ2n) is 7.14. The van der Waals surface area contributed by atoms with Crippen LogP contribution >= 0.6 is 35.7 Å². The molecule has 1 fully saturated rings. The maximum absolute atomic E-state index is 13.2. The Kier molecular flexibility index (Phi) is 5.05. The van der Waals surface area contributed by atoms with Gasteiger partial charge in [-0.25, -0.2) is 0 Å². The molecule has 1 saturated heterocycles. The Balaban J connectivity index is 1.80. The van der Waals surface area contributed by atoms with Gasteiger partial charge in [0, 0.05) is 11.4 Å². The second-order valence-corrected chi connectivity index (χ2v) is 10.0. The molecule has 0 aromatic heterocycles. The standard InChI is InChI=1S/C25H19NOS3/c1-2-26-23(27)22(29-24(26)28)21-19-15-9-10-16-20(19)25(30-21,17-11-5-3-6-12-17)18-13-7-4-8-14-18/h3-16H,2H2,1H3. The van der Waals surface area contributed by atoms with Crippen molar-refractivity contribution in [2.75, 3.05) is 6.54 Å². The average molecular weight is 446 g/mol. The summed E-state index contributed by atoms with van der Waals surface area (Å²) in [6.45, 7) is 2.56. The molecule has 0 aliphatic carbocycles. The summed E-state index contributed by atoms with van der Waals surface area (Å²) < 4.78 is 0.226. The number of benzene rings is 3. The Morgan fingerprint density at radius 2 is 1.40 bits per heavy atom. The van der Waals surface area contributed by atoms with Gasteiger partial charge in [0.15, 0.2) is 0 Å². The van der Waals surface area contributed by atoms with Gasteiger partial charge in [0.2, 0.25) is 0 Å². The topological polar surface area (TPSA) is 20.3 Å². The van der Waals surface area contributed by atoms with Crippen LogP contribution in [0, 0.1) is 0 Å². The number of hydrogen-bond acceptors (Lipinski definition) is 4. The molecule has 1 amide bonds. The molecule has 0 unspecified atom stereocenters. The van der Waals surface area contributed by atoms with Crippen LogP contribution in [0.1, 0.15) is 29.2 Å². The highest BCUT2D eigenvalue weighted by atomic mass is 32.2. The molecular formula is C25H19NOS3. The number of thioether (sulfide) groups is 2. The van der Waals surface area contributed by atoms with Gasteiger partial charge in [-0.15, -0.1) is 11.8 Å². The lowest BCUT2D eigenvalue weighted by molar-refractivity contribution is -0.122. The van der Waals surface area contributed by atoms with Gasteiger partial charge in [-0.1, -0.05) is 109 Å². The van der Waals surface area contributed by atoms with E-state index in [2.05, 4.69) is 66.7 Å². The van der Waals surface area contributed by atoms with Crippen molar-refractivity contribution >= 4 is 50.9 Å². The summed E-state index contributed by atoms with van der Waals surface area (Å²) in [5.74, 6) is 0.0155. The van der Waals surface area contributed by atoms with Crippen LogP contribution in [-0.2, 0) is 9.54 Å². The highest BCUT2D eigenvalue weighted by Gasteiger charge is 2.48. The predicted molar refractivity (Wildman–Crippen MR) is 131 cm³/mol. The largest absolute Gasteiger partial charge is 0.293 e. The fourth-order valence-corrected chi connectivity index (χ4v) is 7.35. The van der Waals surface area contributed by atoms with E-state index in [9.17, 15) is 4.79 Å². The Hall–Kier alpha value is -2.34. The number of rotatable bonds is 3. The first-order valence-electron chi connectivity index (χ1n) is 9.84. The van der Waals surface area contributed by atoms with Crippen LogP contribution in [0.5, 0.6) is 0 Å². The Bertz CT molecular complexity index is 1130. The Morgan fingerprint density at radius 1 is 0.833 bits per heavy atom. The van der Waals surface area contributed by atoms with Crippen LogP contribution in [0.4, 0.5) is 0 Å². The number of nitrogens with zero attached hydrogens (tertiary/aromatic N) is 1. The molecule has 148 valence electrons. The fraction of sp³-hybridized carbons (Fsp3) is 0.120. The minimum absolute atomic E-state index is 0.0155. The van der Waals surface area contributed by atoms with Gasteiger partial charge in [0.25, 0.3) is 5.91 Å². The van der Waals surface area contributed by atoms with Crippen molar-refractivity contribution in [1.29, 1.82) is 0 Å². The van der Waals surface area contributed by atoms with E-state index in [1.807, 2.05) is 25.1 Å². The fourth-order valence-electron chi connectivity index (χ4n) is 4.17. The van der Waals surface area contributed by atoms with Gasteiger partial charge < -0.3 is 0 Å². The molecule has 5 heteroatoms. The normalized spacial score (nSPS) is 20.0. The molecule has 2 heterocycles. The first kappa shape index (κ1) is 19.6. The van der Waals surface area contributed by atoms with E-state index in [1.165, 1.54) is 28.5 Å². The summed E-state index contributed by atoms with van der Waals surface area (Å²) in [6, 6.07) is 29.6. The number of carbonyl (C=O) groups is 1. The number of likely N-dealkylation sites (N-methyl/N-ethyl adjacent to an activating group) is 1. The van der Waals surface area contributed by atoms with E-state index in [4.69, 9.17) is 12.2 Å². The summed E-state index contributed by atoms with van der Waals surface area (Å²) in [7, 11) is 0. The molecular weight excluding hydrogens is 426 g/mol. The minimum Gasteiger partial charge on any atom is -0.293 e. The molecule has 5 rings (SSSR count). The molecule has 2 nitrogen and oxygen atoms in total. The third-order valence-electron chi connectivity index (χ3n) is 5.54. The summed E-state index contributed by atoms with van der Waals surface area (Å²) in [4.78, 5) is 16.6. The number of amides is 1. The lowest BCUT2D eigenvalue weighted by atomic mass is 9.82. The van der Waals surface area contributed by atoms with Gasteiger partial charge in [-0.2, -0.15) is 0 Å². The van der Waals surface area contributed by atoms with Crippen molar-refractivity contribution in [3.63, 3.8) is 0 Å². The van der Waals surface area contributed by atoms with Gasteiger partial charge in [0.05, 0.1) is 9.65 Å². The molecule has 0 radical (unpaired) electrons. The molecule has 2 aliphatic heterocycles. The van der Waals surface area contributed by atoms with Crippen LogP contribution in [0.2, 0.25) is 0 Å². The van der Waals surface area contributed by atoms with Gasteiger partial charge in [-0.3, -0.25) is 9.69 Å². The quantitative estimate of drug-likeness (QED) is 0.349. The highest BCUT2D eigenvalue weighted by molar-refractivity contribution is 8.27. The van der Waals surface area contributed by atoms with Gasteiger partial charge in [-0.05, 0) is 29.2 Å². The third kappa shape index (κ3) is 2.88. The molecule has 0 N–H and O–H groups in total. The van der Waals surface area contributed by atoms with E-state index in [-0.39, 0.29) is 5.91 Å². The van der Waals surface area contributed by atoms with Crippen molar-refractivity contribution in [3.05, 3.63) is 112 Å². The zero-order valence-electron chi connectivity index (χ0n) is 16.4. The maximum atomic E-state index is 13.2. The molecule has 3 aromatic rings. The van der Waals surface area contributed by atoms with Crippen molar-refractivity contribution in [2.24, 2.45) is 0 Å². The van der Waals surface area contributed by atoms with E-state index >= 15 is 0 Å². The van der Waals surface area contributed by atoms with E-state index in [0.29, 0.717) is 10.9 Å². The minimum atomic E-state index is -0.413. The first-order valence-corrected chi connectivity index (χ1v) is 11.9. The molecule has 0 saturated carbocycles. The molecule has 30 heavy (non-hydrogen) atoms. The van der Waals surface area contributed by atoms with Crippen LogP contribution in [0.25, 0.3) is 4.91 Å². The average Bonchev–Trinajstić information content (AvgIpc) is 3.29. The lowest BCUT2D eigenvalue weighted by Crippen LogP contribution is -2.27. The van der Waals surface area contributed by atoms with Gasteiger partial charge in [0.1, 0.15) is 4.32 Å². The van der Waals surface area contributed by atoms with Crippen LogP contribution < -0.4 is 0 Å². The number of thiocarbonyl (C=S) groups is 1. The summed E-state index contributed by atoms with van der Waals surface area (Å²) in [5, 5.41) is 0. The zero-order chi connectivity index (χ0) is 20.7.